The van der Waals surface area contributed by atoms with Crippen molar-refractivity contribution in [3.05, 3.63) is 0 Å². The molecule has 14 heavy (non-hydrogen) atoms. The first-order valence-electron chi connectivity index (χ1n) is 5.72. The lowest BCUT2D eigenvalue weighted by Gasteiger charge is -2.26. The van der Waals surface area contributed by atoms with Gasteiger partial charge in [-0.05, 0) is 32.9 Å². The van der Waals surface area contributed by atoms with Crippen LogP contribution in [0.15, 0.2) is 0 Å². The molecule has 0 N–H and O–H groups in total. The average molecular weight is 221 g/mol. The second-order valence-electron chi connectivity index (χ2n) is 3.81. The van der Waals surface area contributed by atoms with E-state index in [0.29, 0.717) is 5.92 Å². The highest BCUT2D eigenvalue weighted by atomic mass is 31.2. The molecule has 1 heterocycles. The van der Waals surface area contributed by atoms with Gasteiger partial charge in [-0.1, -0.05) is 6.92 Å². The second-order valence-corrected chi connectivity index (χ2v) is 6.04. The molecule has 4 heteroatoms. The normalized spacial score (nSPS) is 36.1. The molecule has 0 aromatic carbocycles. The van der Waals surface area contributed by atoms with Crippen LogP contribution < -0.4 is 0 Å². The lowest BCUT2D eigenvalue weighted by atomic mass is 10.0. The molecule has 1 aliphatic rings. The van der Waals surface area contributed by atoms with E-state index in [1.54, 1.807) is 7.11 Å². The molecule has 0 spiro atoms. The molecule has 1 saturated heterocycles. The zero-order chi connectivity index (χ0) is 11.4. The fraction of sp³-hybridized carbons (Fsp3) is 1.00. The summed E-state index contributed by atoms with van der Waals surface area (Å²) in [6, 6.07) is 0. The fourth-order valence-electron chi connectivity index (χ4n) is 1.79. The molecule has 0 aliphatic carbocycles. The number of rotatable bonds is 5. The Kier molecular flexibility index (Phi) is 4.65. The van der Waals surface area contributed by atoms with E-state index in [2.05, 4.69) is 11.6 Å². The van der Waals surface area contributed by atoms with Gasteiger partial charge in [0.05, 0.1) is 7.47 Å². The minimum Gasteiger partial charge on any atom is -0.378 e. The van der Waals surface area contributed by atoms with Crippen LogP contribution in [0.5, 0.6) is 0 Å². The van der Waals surface area contributed by atoms with E-state index < -0.39 is 8.30 Å². The van der Waals surface area contributed by atoms with Crippen molar-refractivity contribution in [2.24, 2.45) is 5.92 Å². The Bertz CT molecular complexity index is 194. The molecular weight excluding hydrogens is 197 g/mol. The topological polar surface area (TPSA) is 21.7 Å². The van der Waals surface area contributed by atoms with Crippen LogP contribution in [0, 0.1) is 5.92 Å². The quantitative estimate of drug-likeness (QED) is 0.665. The lowest BCUT2D eigenvalue weighted by Crippen LogP contribution is -2.21. The third kappa shape index (κ3) is 3.16. The molecule has 1 aliphatic heterocycles. The van der Waals surface area contributed by atoms with Crippen LogP contribution >= 0.6 is 8.30 Å². The van der Waals surface area contributed by atoms with E-state index in [9.17, 15) is 0 Å². The van der Waals surface area contributed by atoms with Crippen molar-refractivity contribution in [1.29, 1.82) is 0 Å². The van der Waals surface area contributed by atoms with E-state index in [4.69, 9.17) is 10.6 Å². The van der Waals surface area contributed by atoms with Gasteiger partial charge in [0.1, 0.15) is 8.30 Å². The van der Waals surface area contributed by atoms with Crippen LogP contribution in [-0.4, -0.2) is 44.7 Å². The predicted molar refractivity (Wildman–Crippen MR) is 60.6 cm³/mol. The average Bonchev–Trinajstić information content (AvgIpc) is 2.54. The lowest BCUT2D eigenvalue weighted by molar-refractivity contribution is 0.0913. The van der Waals surface area contributed by atoms with Gasteiger partial charge in [0.2, 0.25) is 0 Å². The molecule has 1 fully saturated rings. The van der Waals surface area contributed by atoms with Gasteiger partial charge < -0.3 is 9.26 Å². The first kappa shape index (κ1) is 10.8. The Balaban J connectivity index is 2.48. The first-order valence-corrected chi connectivity index (χ1v) is 6.54. The monoisotopic (exact) mass is 221 g/mol. The second kappa shape index (κ2) is 6.02. The smallest absolute Gasteiger partial charge is 0.103 e. The summed E-state index contributed by atoms with van der Waals surface area (Å²) in [7, 11) is 5.35. The van der Waals surface area contributed by atoms with Crippen molar-refractivity contribution in [2.75, 3.05) is 33.9 Å². The molecule has 0 amide bonds. The number of hydrogen-bond acceptors (Lipinski definition) is 3. The molecule has 3 nitrogen and oxygen atoms in total. The van der Waals surface area contributed by atoms with Gasteiger partial charge in [0.15, 0.2) is 0 Å². The Morgan fingerprint density at radius 2 is 2.36 bits per heavy atom. The highest BCUT2D eigenvalue weighted by Gasteiger charge is 2.29. The third-order valence-corrected chi connectivity index (χ3v) is 4.74. The molecule has 0 saturated carbocycles. The van der Waals surface area contributed by atoms with Crippen molar-refractivity contribution >= 4 is 8.30 Å². The molecular formula is C10H22NO2P. The zero-order valence-corrected chi connectivity index (χ0v) is 10.5. The van der Waals surface area contributed by atoms with Crippen LogP contribution in [0.3, 0.4) is 0 Å². The number of hydrogen-bond donors (Lipinski definition) is 0. The van der Waals surface area contributed by atoms with Crippen molar-refractivity contribution < 1.29 is 10.6 Å². The molecule has 84 valence electrons. The van der Waals surface area contributed by atoms with Crippen LogP contribution in [0.25, 0.3) is 0 Å². The first-order chi connectivity index (χ1) is 7.08. The summed E-state index contributed by atoms with van der Waals surface area (Å²) in [5.74, 6) is 0.492. The molecule has 0 radical (unpaired) electrons. The highest BCUT2D eigenvalue weighted by molar-refractivity contribution is 7.49. The van der Waals surface area contributed by atoms with Gasteiger partial charge in [-0.15, -0.1) is 0 Å². The maximum Gasteiger partial charge on any atom is 0.103 e. The predicted octanol–water partition coefficient (Wildman–Crippen LogP) is 2.32. The van der Waals surface area contributed by atoms with E-state index >= 15 is 0 Å². The number of nitrogens with zero attached hydrogens (tertiary/aromatic N) is 1. The largest absolute Gasteiger partial charge is 0.378 e. The van der Waals surface area contributed by atoms with Gasteiger partial charge >= 0.3 is 0 Å². The summed E-state index contributed by atoms with van der Waals surface area (Å²) in [5.41, 5.74) is 0. The Morgan fingerprint density at radius 3 is 2.86 bits per heavy atom. The highest BCUT2D eigenvalue weighted by Crippen LogP contribution is 2.43. The molecule has 1 rings (SSSR count). The third-order valence-electron chi connectivity index (χ3n) is 2.65. The Hall–Kier alpha value is 0.310. The summed E-state index contributed by atoms with van der Waals surface area (Å²) < 4.78 is 20.8. The van der Waals surface area contributed by atoms with Crippen molar-refractivity contribution in [3.63, 3.8) is 0 Å². The van der Waals surface area contributed by atoms with E-state index in [0.717, 1.165) is 19.0 Å². The van der Waals surface area contributed by atoms with Crippen molar-refractivity contribution in [3.8, 4) is 0 Å². The van der Waals surface area contributed by atoms with Crippen LogP contribution in [0.1, 0.15) is 21.1 Å². The Morgan fingerprint density at radius 1 is 1.64 bits per heavy atom. The van der Waals surface area contributed by atoms with Crippen LogP contribution in [-0.2, 0) is 9.26 Å². The maximum atomic E-state index is 7.64. The number of ether oxygens (including phenoxy) is 1. The van der Waals surface area contributed by atoms with Gasteiger partial charge in [-0.25, -0.2) is 0 Å². The van der Waals surface area contributed by atoms with E-state index in [1.807, 2.05) is 14.1 Å². The summed E-state index contributed by atoms with van der Waals surface area (Å²) >= 11 is 0. The molecule has 0 bridgehead atoms. The Labute approximate surface area is 90.1 Å². The van der Waals surface area contributed by atoms with Crippen molar-refractivity contribution in [2.45, 2.75) is 25.9 Å². The zero-order valence-electron chi connectivity index (χ0n) is 10.6. The van der Waals surface area contributed by atoms with Crippen LogP contribution in [0.4, 0.5) is 0 Å². The molecule has 0 aromatic rings. The molecule has 4 atom stereocenters. The minimum atomic E-state index is -0.510. The SMILES string of the molecule is [3H]C1C[C@H](CP(OC)N(C)C)[C@@H](CC)O1. The van der Waals surface area contributed by atoms with E-state index in [1.165, 1.54) is 0 Å². The van der Waals surface area contributed by atoms with Gasteiger partial charge in [-0.2, -0.15) is 0 Å². The van der Waals surface area contributed by atoms with Gasteiger partial charge in [0, 0.05) is 19.9 Å². The summed E-state index contributed by atoms with van der Waals surface area (Å²) in [5, 5.41) is 0. The molecule has 2 unspecified atom stereocenters. The van der Waals surface area contributed by atoms with Gasteiger partial charge in [-0.3, -0.25) is 4.67 Å². The summed E-state index contributed by atoms with van der Waals surface area (Å²) in [6.45, 7) is 1.80. The van der Waals surface area contributed by atoms with E-state index in [-0.39, 0.29) is 12.7 Å². The fourth-order valence-corrected chi connectivity index (χ4v) is 3.38. The standard InChI is InChI=1S/C10H22NO2P/c1-5-10-9(6-7-13-10)8-14(12-4)11(2)3/h9-10H,5-8H2,1-4H3/t9-,10-,14?/m1/s1/i7T/t7?,9-,10-,14?. The minimum absolute atomic E-state index is 0.257. The maximum absolute atomic E-state index is 7.64. The summed E-state index contributed by atoms with van der Waals surface area (Å²) in [4.78, 5) is 0. The molecule has 0 aromatic heterocycles. The van der Waals surface area contributed by atoms with Crippen molar-refractivity contribution in [1.82, 2.24) is 4.67 Å². The summed E-state index contributed by atoms with van der Waals surface area (Å²) in [6.07, 6.45) is 3.13. The van der Waals surface area contributed by atoms with Crippen LogP contribution in [0.2, 0.25) is 0 Å². The van der Waals surface area contributed by atoms with Gasteiger partial charge in [0.25, 0.3) is 0 Å².